The second-order valence-electron chi connectivity index (χ2n) is 17.5. The molecule has 3 aliphatic carbocycles. The summed E-state index contributed by atoms with van der Waals surface area (Å²) in [6, 6.07) is 15.0. The zero-order valence-electron chi connectivity index (χ0n) is 35.7. The van der Waals surface area contributed by atoms with Gasteiger partial charge in [-0.25, -0.2) is 9.59 Å². The van der Waals surface area contributed by atoms with Gasteiger partial charge >= 0.3 is 23.9 Å². The van der Waals surface area contributed by atoms with E-state index in [4.69, 9.17) is 23.7 Å². The number of benzene rings is 2. The van der Waals surface area contributed by atoms with Crippen molar-refractivity contribution in [1.82, 2.24) is 5.32 Å². The van der Waals surface area contributed by atoms with Crippen LogP contribution in [0.5, 0.6) is 0 Å². The average molecular weight is 848 g/mol. The summed E-state index contributed by atoms with van der Waals surface area (Å²) < 4.78 is 30.3. The highest BCUT2D eigenvalue weighted by molar-refractivity contribution is 5.95. The first-order valence-electron chi connectivity index (χ1n) is 20.9. The highest BCUT2D eigenvalue weighted by atomic mass is 16.6. The van der Waals surface area contributed by atoms with Gasteiger partial charge in [0.25, 0.3) is 0 Å². The SMILES string of the molecule is CCCCCC(=O)N[C@H](c1ccccc1)[C@@H](O)C(=O)O[C@@H]1C[C@]2(O)[C@@H](OC(=O)c3ccccc3)[C@H]3[C@]4(OC(C)=O)CO[C@H]4C[C@@H](O)[C@@]3(C)C(=O)[C@H](OC(C)=O)C(=C1C)C2(C)C. The second-order valence-corrected chi connectivity index (χ2v) is 17.5. The Bertz CT molecular complexity index is 2050. The molecule has 330 valence electrons. The van der Waals surface area contributed by atoms with Gasteiger partial charge in [0.15, 0.2) is 23.6 Å². The normalized spacial score (nSPS) is 32.3. The maximum Gasteiger partial charge on any atom is 0.338 e. The van der Waals surface area contributed by atoms with Gasteiger partial charge in [0.05, 0.1) is 35.6 Å². The molecule has 1 amide bonds. The maximum absolute atomic E-state index is 15.5. The van der Waals surface area contributed by atoms with E-state index in [0.717, 1.165) is 26.7 Å². The number of nitrogens with one attached hydrogen (secondary N) is 1. The Balaban J connectivity index is 1.52. The quantitative estimate of drug-likeness (QED) is 0.0969. The summed E-state index contributed by atoms with van der Waals surface area (Å²) in [5.41, 5.74) is -7.12. The number of fused-ring (bicyclic) bond motifs is 5. The number of aliphatic hydroxyl groups excluding tert-OH is 2. The molecule has 15 nitrogen and oxygen atoms in total. The zero-order chi connectivity index (χ0) is 44.7. The molecule has 2 aromatic rings. The van der Waals surface area contributed by atoms with E-state index in [-0.39, 0.29) is 36.2 Å². The molecule has 1 aliphatic heterocycles. The van der Waals surface area contributed by atoms with Crippen LogP contribution in [-0.4, -0.2) is 105 Å². The molecule has 0 radical (unpaired) electrons. The first-order valence-corrected chi connectivity index (χ1v) is 20.9. The molecule has 15 heteroatoms. The predicted octanol–water partition coefficient (Wildman–Crippen LogP) is 4.00. The van der Waals surface area contributed by atoms with Crippen molar-refractivity contribution in [3.63, 3.8) is 0 Å². The average Bonchev–Trinajstić information content (AvgIpc) is 3.21. The number of rotatable bonds is 13. The van der Waals surface area contributed by atoms with Crippen LogP contribution in [0.1, 0.15) is 109 Å². The molecule has 2 aromatic carbocycles. The van der Waals surface area contributed by atoms with Crippen LogP contribution in [0, 0.1) is 16.7 Å². The first kappa shape index (κ1) is 45.6. The van der Waals surface area contributed by atoms with Gasteiger partial charge in [-0.15, -0.1) is 0 Å². The lowest BCUT2D eigenvalue weighted by atomic mass is 9.44. The summed E-state index contributed by atoms with van der Waals surface area (Å²) in [6.07, 6.45) is -7.92. The third-order valence-corrected chi connectivity index (χ3v) is 13.5. The molecule has 0 unspecified atom stereocenters. The summed E-state index contributed by atoms with van der Waals surface area (Å²) in [4.78, 5) is 83.0. The molecule has 4 aliphatic rings. The molecule has 6 rings (SSSR count). The monoisotopic (exact) mass is 847 g/mol. The Kier molecular flexibility index (Phi) is 13.0. The number of aliphatic hydroxyl groups is 3. The lowest BCUT2D eigenvalue weighted by Gasteiger charge is -2.67. The Morgan fingerprint density at radius 2 is 1.56 bits per heavy atom. The van der Waals surface area contributed by atoms with E-state index in [2.05, 4.69) is 5.32 Å². The molecule has 2 saturated carbocycles. The fourth-order valence-corrected chi connectivity index (χ4v) is 10.1. The first-order chi connectivity index (χ1) is 28.7. The largest absolute Gasteiger partial charge is 0.456 e. The minimum Gasteiger partial charge on any atom is -0.456 e. The highest BCUT2D eigenvalue weighted by Crippen LogP contribution is 2.64. The van der Waals surface area contributed by atoms with Gasteiger partial charge in [-0.2, -0.15) is 0 Å². The number of esters is 4. The molecule has 0 spiro atoms. The Hall–Kier alpha value is -4.96. The second kappa shape index (κ2) is 17.4. The maximum atomic E-state index is 15.5. The third kappa shape index (κ3) is 8.01. The number of hydrogen-bond donors (Lipinski definition) is 4. The van der Waals surface area contributed by atoms with E-state index in [1.165, 1.54) is 26.0 Å². The Labute approximate surface area is 355 Å². The summed E-state index contributed by atoms with van der Waals surface area (Å²) in [5.74, 6) is -6.55. The van der Waals surface area contributed by atoms with Gasteiger partial charge in [-0.05, 0) is 49.1 Å². The van der Waals surface area contributed by atoms with E-state index < -0.39 is 113 Å². The van der Waals surface area contributed by atoms with Crippen LogP contribution < -0.4 is 5.32 Å². The minimum absolute atomic E-state index is 0.0127. The molecule has 11 atom stereocenters. The standard InChI is InChI=1S/C46H57NO14/c1-8-9-12-21-33(51)47-35(28-17-13-10-14-18-28)36(52)42(55)59-30-23-46(56)40(60-41(54)29-19-15-11-16-20-29)38-44(7,31(50)22-32-45(38,24-57-32)61-27(4)49)39(53)37(58-26(3)48)34(25(30)2)43(46,5)6/h10-11,13-20,30-32,35-38,40,50,52,56H,8-9,12,21-24H2,1-7H3,(H,47,51)/t30-,31-,32+,35-,36-,37-,38-,40+,44-,45+,46+/m1/s1. The number of ketones is 1. The van der Waals surface area contributed by atoms with Crippen molar-refractivity contribution in [2.24, 2.45) is 16.7 Å². The number of carbonyl (C=O) groups is 6. The van der Waals surface area contributed by atoms with Gasteiger partial charge in [0.2, 0.25) is 5.91 Å². The van der Waals surface area contributed by atoms with E-state index in [1.54, 1.807) is 62.4 Å². The number of unbranched alkanes of at least 4 members (excludes halogenated alkanes) is 2. The lowest BCUT2D eigenvalue weighted by Crippen LogP contribution is -2.82. The van der Waals surface area contributed by atoms with E-state index in [1.807, 2.05) is 6.92 Å². The number of carbonyl (C=O) groups excluding carboxylic acids is 6. The fourth-order valence-electron chi connectivity index (χ4n) is 10.1. The van der Waals surface area contributed by atoms with Crippen LogP contribution in [0.4, 0.5) is 0 Å². The van der Waals surface area contributed by atoms with Crippen LogP contribution in [-0.2, 0) is 47.7 Å². The van der Waals surface area contributed by atoms with Gasteiger partial charge < -0.3 is 44.3 Å². The van der Waals surface area contributed by atoms with Crippen molar-refractivity contribution in [2.45, 2.75) is 141 Å². The molecule has 0 aromatic heterocycles. The van der Waals surface area contributed by atoms with Gasteiger partial charge in [-0.1, -0.05) is 82.1 Å². The van der Waals surface area contributed by atoms with Crippen LogP contribution in [0.25, 0.3) is 0 Å². The molecule has 61 heavy (non-hydrogen) atoms. The van der Waals surface area contributed by atoms with Crippen molar-refractivity contribution < 1.29 is 67.8 Å². The Morgan fingerprint density at radius 3 is 2.13 bits per heavy atom. The van der Waals surface area contributed by atoms with Crippen molar-refractivity contribution in [1.29, 1.82) is 0 Å². The fraction of sp³-hybridized carbons (Fsp3) is 0.565. The van der Waals surface area contributed by atoms with Gasteiger partial charge in [0.1, 0.15) is 23.9 Å². The molecular formula is C46H57NO14. The van der Waals surface area contributed by atoms with E-state index in [9.17, 15) is 39.3 Å². The molecule has 1 saturated heterocycles. The predicted molar refractivity (Wildman–Crippen MR) is 216 cm³/mol. The minimum atomic E-state index is -2.37. The zero-order valence-corrected chi connectivity index (χ0v) is 35.7. The van der Waals surface area contributed by atoms with Crippen LogP contribution in [0.2, 0.25) is 0 Å². The summed E-state index contributed by atoms with van der Waals surface area (Å²) >= 11 is 0. The number of ether oxygens (including phenoxy) is 5. The third-order valence-electron chi connectivity index (χ3n) is 13.5. The number of amides is 1. The van der Waals surface area contributed by atoms with Crippen LogP contribution in [0.3, 0.4) is 0 Å². The van der Waals surface area contributed by atoms with Crippen molar-refractivity contribution in [2.75, 3.05) is 6.61 Å². The van der Waals surface area contributed by atoms with Crippen LogP contribution >= 0.6 is 0 Å². The summed E-state index contributed by atoms with van der Waals surface area (Å²) in [7, 11) is 0. The molecule has 1 heterocycles. The molecule has 2 bridgehead atoms. The smallest absolute Gasteiger partial charge is 0.338 e. The Morgan fingerprint density at radius 1 is 0.918 bits per heavy atom. The van der Waals surface area contributed by atoms with Crippen molar-refractivity contribution >= 4 is 35.6 Å². The molecular weight excluding hydrogens is 790 g/mol. The van der Waals surface area contributed by atoms with Gasteiger partial charge in [-0.3, -0.25) is 19.2 Å². The lowest BCUT2D eigenvalue weighted by molar-refractivity contribution is -0.346. The van der Waals surface area contributed by atoms with E-state index >= 15 is 4.79 Å². The van der Waals surface area contributed by atoms with E-state index in [0.29, 0.717) is 12.0 Å². The van der Waals surface area contributed by atoms with Crippen molar-refractivity contribution in [3.05, 3.63) is 82.9 Å². The summed E-state index contributed by atoms with van der Waals surface area (Å²) in [5, 5.41) is 40.2. The number of Topliss-reactive ketones (excluding diaryl/α,β-unsaturated/α-hetero) is 1. The highest BCUT2D eigenvalue weighted by Gasteiger charge is 2.78. The molecule has 3 fully saturated rings. The van der Waals surface area contributed by atoms with Crippen LogP contribution in [0.15, 0.2) is 71.8 Å². The topological polar surface area (TPSA) is 221 Å². The molecule has 4 N–H and O–H groups in total. The summed E-state index contributed by atoms with van der Waals surface area (Å²) in [6.45, 7) is 10.0. The number of hydrogen-bond acceptors (Lipinski definition) is 14. The van der Waals surface area contributed by atoms with Gasteiger partial charge in [0, 0.05) is 38.5 Å². The van der Waals surface area contributed by atoms with Crippen molar-refractivity contribution in [3.8, 4) is 0 Å².